The number of hydrogen-bond donors (Lipinski definition) is 3. The van der Waals surface area contributed by atoms with Crippen molar-refractivity contribution in [2.24, 2.45) is 11.7 Å². The zero-order valence-corrected chi connectivity index (χ0v) is 10.8. The summed E-state index contributed by atoms with van der Waals surface area (Å²) < 4.78 is 13.4. The second-order valence-electron chi connectivity index (χ2n) is 4.62. The molecule has 0 heterocycles. The molecule has 0 fully saturated rings. The van der Waals surface area contributed by atoms with Crippen molar-refractivity contribution in [1.29, 1.82) is 0 Å². The highest BCUT2D eigenvalue weighted by molar-refractivity contribution is 5.87. The molecule has 0 radical (unpaired) electrons. The van der Waals surface area contributed by atoms with Crippen molar-refractivity contribution in [3.63, 3.8) is 0 Å². The first-order chi connectivity index (χ1) is 8.82. The molecule has 0 aromatic heterocycles. The van der Waals surface area contributed by atoms with Gasteiger partial charge in [-0.15, -0.1) is 0 Å². The summed E-state index contributed by atoms with van der Waals surface area (Å²) in [6, 6.07) is 3.32. The maximum atomic E-state index is 13.4. The molecule has 1 amide bonds. The highest BCUT2D eigenvalue weighted by Crippen LogP contribution is 2.11. The highest BCUT2D eigenvalue weighted by atomic mass is 19.1. The number of hydrogen-bond acceptors (Lipinski definition) is 3. The summed E-state index contributed by atoms with van der Waals surface area (Å²) in [5.74, 6) is -2.57. The van der Waals surface area contributed by atoms with E-state index < -0.39 is 23.7 Å². The third kappa shape index (κ3) is 4.03. The Morgan fingerprint density at radius 1 is 1.42 bits per heavy atom. The first-order valence-corrected chi connectivity index (χ1v) is 5.87. The van der Waals surface area contributed by atoms with E-state index in [1.807, 2.05) is 13.8 Å². The molecular weight excluding hydrogens is 251 g/mol. The second kappa shape index (κ2) is 6.29. The molecule has 0 aliphatic heterocycles. The van der Waals surface area contributed by atoms with Crippen molar-refractivity contribution in [3.8, 4) is 0 Å². The Bertz CT molecular complexity index is 489. The van der Waals surface area contributed by atoms with Crippen LogP contribution < -0.4 is 11.1 Å². The van der Waals surface area contributed by atoms with Crippen molar-refractivity contribution < 1.29 is 19.1 Å². The lowest BCUT2D eigenvalue weighted by Gasteiger charge is -2.19. The molecule has 1 atom stereocenters. The molecule has 0 saturated heterocycles. The number of benzene rings is 1. The summed E-state index contributed by atoms with van der Waals surface area (Å²) >= 11 is 0. The number of carboxylic acid groups (broad SMARTS) is 1. The molecule has 0 aliphatic carbocycles. The van der Waals surface area contributed by atoms with Crippen LogP contribution in [-0.2, 0) is 11.3 Å². The van der Waals surface area contributed by atoms with E-state index in [9.17, 15) is 14.0 Å². The SMILES string of the molecule is CC(C)C(NCc1ccc(C(=O)O)c(F)c1)C(N)=O. The molecule has 0 spiro atoms. The van der Waals surface area contributed by atoms with Gasteiger partial charge in [-0.25, -0.2) is 9.18 Å². The molecule has 1 aromatic rings. The quantitative estimate of drug-likeness (QED) is 0.721. The number of rotatable bonds is 6. The molecule has 0 saturated carbocycles. The van der Waals surface area contributed by atoms with Crippen molar-refractivity contribution in [3.05, 3.63) is 35.1 Å². The van der Waals surface area contributed by atoms with Crippen LogP contribution in [0.25, 0.3) is 0 Å². The van der Waals surface area contributed by atoms with E-state index in [4.69, 9.17) is 10.8 Å². The van der Waals surface area contributed by atoms with Gasteiger partial charge in [-0.05, 0) is 23.6 Å². The maximum absolute atomic E-state index is 13.4. The second-order valence-corrected chi connectivity index (χ2v) is 4.62. The normalized spacial score (nSPS) is 12.4. The summed E-state index contributed by atoms with van der Waals surface area (Å²) in [5.41, 5.74) is 5.42. The van der Waals surface area contributed by atoms with Gasteiger partial charge in [0.1, 0.15) is 5.82 Å². The van der Waals surface area contributed by atoms with Crippen LogP contribution in [0, 0.1) is 11.7 Å². The average molecular weight is 268 g/mol. The lowest BCUT2D eigenvalue weighted by atomic mass is 10.0. The van der Waals surface area contributed by atoms with Crippen LogP contribution in [0.4, 0.5) is 4.39 Å². The molecule has 1 unspecified atom stereocenters. The number of carbonyl (C=O) groups is 2. The summed E-state index contributed by atoms with van der Waals surface area (Å²) in [4.78, 5) is 21.8. The topological polar surface area (TPSA) is 92.4 Å². The Morgan fingerprint density at radius 2 is 2.05 bits per heavy atom. The minimum absolute atomic E-state index is 0.0145. The first kappa shape index (κ1) is 15.1. The average Bonchev–Trinajstić information content (AvgIpc) is 2.27. The highest BCUT2D eigenvalue weighted by Gasteiger charge is 2.18. The number of halogens is 1. The first-order valence-electron chi connectivity index (χ1n) is 5.87. The number of nitrogens with two attached hydrogens (primary N) is 1. The molecule has 1 rings (SSSR count). The molecule has 6 heteroatoms. The Balaban J connectivity index is 2.76. The van der Waals surface area contributed by atoms with E-state index >= 15 is 0 Å². The summed E-state index contributed by atoms with van der Waals surface area (Å²) in [7, 11) is 0. The summed E-state index contributed by atoms with van der Waals surface area (Å²) in [6.45, 7) is 3.93. The molecular formula is C13H17FN2O3. The largest absolute Gasteiger partial charge is 0.478 e. The summed E-state index contributed by atoms with van der Waals surface area (Å²) in [6.07, 6.45) is 0. The van der Waals surface area contributed by atoms with E-state index in [-0.39, 0.29) is 18.0 Å². The number of aromatic carboxylic acids is 1. The van der Waals surface area contributed by atoms with Crippen molar-refractivity contribution in [2.45, 2.75) is 26.4 Å². The van der Waals surface area contributed by atoms with Gasteiger partial charge >= 0.3 is 5.97 Å². The van der Waals surface area contributed by atoms with Gasteiger partial charge in [0.05, 0.1) is 11.6 Å². The summed E-state index contributed by atoms with van der Waals surface area (Å²) in [5, 5.41) is 11.6. The fourth-order valence-electron chi connectivity index (χ4n) is 1.73. The van der Waals surface area contributed by atoms with E-state index in [1.54, 1.807) is 0 Å². The van der Waals surface area contributed by atoms with Gasteiger partial charge in [0.25, 0.3) is 0 Å². The van der Waals surface area contributed by atoms with Crippen LogP contribution in [0.5, 0.6) is 0 Å². The lowest BCUT2D eigenvalue weighted by molar-refractivity contribution is -0.121. The van der Waals surface area contributed by atoms with Crippen LogP contribution >= 0.6 is 0 Å². The van der Waals surface area contributed by atoms with E-state index in [0.29, 0.717) is 5.56 Å². The lowest BCUT2D eigenvalue weighted by Crippen LogP contribution is -2.44. The van der Waals surface area contributed by atoms with Crippen LogP contribution in [0.3, 0.4) is 0 Å². The number of nitrogens with one attached hydrogen (secondary N) is 1. The minimum Gasteiger partial charge on any atom is -0.478 e. The van der Waals surface area contributed by atoms with E-state index in [1.165, 1.54) is 12.1 Å². The molecule has 5 nitrogen and oxygen atoms in total. The van der Waals surface area contributed by atoms with Gasteiger partial charge in [0.2, 0.25) is 5.91 Å². The maximum Gasteiger partial charge on any atom is 0.338 e. The Kier molecular flexibility index (Phi) is 5.00. The van der Waals surface area contributed by atoms with Gasteiger partial charge in [-0.1, -0.05) is 19.9 Å². The standard InChI is InChI=1S/C13H17FN2O3/c1-7(2)11(12(15)17)16-6-8-3-4-9(13(18)19)10(14)5-8/h3-5,7,11,16H,6H2,1-2H3,(H2,15,17)(H,18,19). The van der Waals surface area contributed by atoms with Gasteiger partial charge in [0.15, 0.2) is 0 Å². The molecule has 4 N–H and O–H groups in total. The zero-order valence-electron chi connectivity index (χ0n) is 10.8. The van der Waals surface area contributed by atoms with Crippen molar-refractivity contribution in [1.82, 2.24) is 5.32 Å². The third-order valence-corrected chi connectivity index (χ3v) is 2.76. The van der Waals surface area contributed by atoms with Gasteiger partial charge < -0.3 is 16.2 Å². The van der Waals surface area contributed by atoms with Crippen LogP contribution in [0.2, 0.25) is 0 Å². The minimum atomic E-state index is -1.31. The Labute approximate surface area is 110 Å². The number of amides is 1. The smallest absolute Gasteiger partial charge is 0.338 e. The Morgan fingerprint density at radius 3 is 2.47 bits per heavy atom. The van der Waals surface area contributed by atoms with Crippen molar-refractivity contribution >= 4 is 11.9 Å². The fraction of sp³-hybridized carbons (Fsp3) is 0.385. The van der Waals surface area contributed by atoms with Crippen LogP contribution in [0.15, 0.2) is 18.2 Å². The van der Waals surface area contributed by atoms with E-state index in [2.05, 4.69) is 5.32 Å². The fourth-order valence-corrected chi connectivity index (χ4v) is 1.73. The zero-order chi connectivity index (χ0) is 14.6. The monoisotopic (exact) mass is 268 g/mol. The van der Waals surface area contributed by atoms with Crippen LogP contribution in [0.1, 0.15) is 29.8 Å². The van der Waals surface area contributed by atoms with Crippen LogP contribution in [-0.4, -0.2) is 23.0 Å². The number of carboxylic acids is 1. The number of primary amides is 1. The molecule has 1 aromatic carbocycles. The van der Waals surface area contributed by atoms with Crippen molar-refractivity contribution in [2.75, 3.05) is 0 Å². The predicted octanol–water partition coefficient (Wildman–Crippen LogP) is 1.12. The predicted molar refractivity (Wildman–Crippen MR) is 68.0 cm³/mol. The van der Waals surface area contributed by atoms with Gasteiger partial charge in [-0.3, -0.25) is 4.79 Å². The van der Waals surface area contributed by atoms with Gasteiger partial charge in [0, 0.05) is 6.54 Å². The third-order valence-electron chi connectivity index (χ3n) is 2.76. The molecule has 0 bridgehead atoms. The number of carbonyl (C=O) groups excluding carboxylic acids is 1. The van der Waals surface area contributed by atoms with E-state index in [0.717, 1.165) is 6.07 Å². The van der Waals surface area contributed by atoms with Gasteiger partial charge in [-0.2, -0.15) is 0 Å². The Hall–Kier alpha value is -1.95. The molecule has 104 valence electrons. The molecule has 0 aliphatic rings. The molecule has 19 heavy (non-hydrogen) atoms.